The molecule has 0 bridgehead atoms. The Morgan fingerprint density at radius 2 is 2.08 bits per heavy atom. The third-order valence-electron chi connectivity index (χ3n) is 3.25. The molecule has 1 aliphatic heterocycles. The summed E-state index contributed by atoms with van der Waals surface area (Å²) in [5, 5.41) is 0. The van der Waals surface area contributed by atoms with Crippen molar-refractivity contribution in [3.8, 4) is 0 Å². The van der Waals surface area contributed by atoms with Crippen molar-refractivity contribution in [2.45, 2.75) is 45.6 Å². The van der Waals surface area contributed by atoms with Gasteiger partial charge in [0.25, 0.3) is 0 Å². The van der Waals surface area contributed by atoms with Gasteiger partial charge in [-0.25, -0.2) is 0 Å². The van der Waals surface area contributed by atoms with Crippen LogP contribution in [0.25, 0.3) is 0 Å². The molecule has 0 spiro atoms. The van der Waals surface area contributed by atoms with Crippen LogP contribution < -0.4 is 0 Å². The van der Waals surface area contributed by atoms with E-state index in [1.807, 2.05) is 0 Å². The standard InChI is InChI=1S/C10H16O2/c1-9(2)5-7-4-8(11)12-10(7,3)6-9/h7H,4-6H2,1-3H3/t7-,10+/m1/s1. The molecule has 2 aliphatic rings. The van der Waals surface area contributed by atoms with Gasteiger partial charge in [0.05, 0.1) is 6.42 Å². The fourth-order valence-corrected chi connectivity index (χ4v) is 2.96. The summed E-state index contributed by atoms with van der Waals surface area (Å²) in [7, 11) is 0. The Morgan fingerprint density at radius 3 is 2.67 bits per heavy atom. The zero-order valence-corrected chi connectivity index (χ0v) is 8.02. The van der Waals surface area contributed by atoms with E-state index >= 15 is 0 Å². The van der Waals surface area contributed by atoms with E-state index in [-0.39, 0.29) is 11.6 Å². The highest BCUT2D eigenvalue weighted by Gasteiger charge is 2.54. The average Bonchev–Trinajstić information content (AvgIpc) is 2.11. The second-order valence-electron chi connectivity index (χ2n) is 5.23. The maximum absolute atomic E-state index is 11.1. The van der Waals surface area contributed by atoms with Crippen molar-refractivity contribution in [2.75, 3.05) is 0 Å². The molecule has 12 heavy (non-hydrogen) atoms. The van der Waals surface area contributed by atoms with Crippen LogP contribution in [-0.4, -0.2) is 11.6 Å². The Kier molecular flexibility index (Phi) is 1.37. The van der Waals surface area contributed by atoms with Crippen LogP contribution in [0.15, 0.2) is 0 Å². The zero-order valence-electron chi connectivity index (χ0n) is 8.02. The number of hydrogen-bond donors (Lipinski definition) is 0. The van der Waals surface area contributed by atoms with Crippen LogP contribution in [0.3, 0.4) is 0 Å². The number of carbonyl (C=O) groups is 1. The maximum Gasteiger partial charge on any atom is 0.306 e. The average molecular weight is 168 g/mol. The molecule has 1 saturated carbocycles. The van der Waals surface area contributed by atoms with Gasteiger partial charge in [0.15, 0.2) is 0 Å². The van der Waals surface area contributed by atoms with E-state index in [1.54, 1.807) is 0 Å². The Morgan fingerprint density at radius 1 is 1.42 bits per heavy atom. The van der Waals surface area contributed by atoms with Crippen LogP contribution in [-0.2, 0) is 9.53 Å². The van der Waals surface area contributed by atoms with Gasteiger partial charge >= 0.3 is 5.97 Å². The van der Waals surface area contributed by atoms with Crippen molar-refractivity contribution in [3.05, 3.63) is 0 Å². The van der Waals surface area contributed by atoms with E-state index in [4.69, 9.17) is 4.74 Å². The molecule has 0 N–H and O–H groups in total. The first-order valence-corrected chi connectivity index (χ1v) is 4.63. The normalized spacial score (nSPS) is 44.2. The molecule has 0 aromatic heterocycles. The van der Waals surface area contributed by atoms with Crippen LogP contribution >= 0.6 is 0 Å². The predicted octanol–water partition coefficient (Wildman–Crippen LogP) is 2.13. The van der Waals surface area contributed by atoms with Crippen molar-refractivity contribution in [3.63, 3.8) is 0 Å². The first-order chi connectivity index (χ1) is 5.41. The van der Waals surface area contributed by atoms with Crippen LogP contribution in [0.1, 0.15) is 40.0 Å². The monoisotopic (exact) mass is 168 g/mol. The second-order valence-corrected chi connectivity index (χ2v) is 5.23. The summed E-state index contributed by atoms with van der Waals surface area (Å²) in [6, 6.07) is 0. The lowest BCUT2D eigenvalue weighted by Gasteiger charge is -2.23. The van der Waals surface area contributed by atoms with Gasteiger partial charge in [-0.05, 0) is 25.2 Å². The minimum absolute atomic E-state index is 0.00185. The topological polar surface area (TPSA) is 26.3 Å². The van der Waals surface area contributed by atoms with Crippen molar-refractivity contribution < 1.29 is 9.53 Å². The molecule has 2 rings (SSSR count). The minimum atomic E-state index is -0.138. The van der Waals surface area contributed by atoms with Gasteiger partial charge in [-0.1, -0.05) is 13.8 Å². The molecule has 1 aliphatic carbocycles. The largest absolute Gasteiger partial charge is 0.459 e. The highest BCUT2D eigenvalue weighted by molar-refractivity contribution is 5.73. The van der Waals surface area contributed by atoms with Crippen LogP contribution in [0.4, 0.5) is 0 Å². The first-order valence-electron chi connectivity index (χ1n) is 4.63. The van der Waals surface area contributed by atoms with Crippen molar-refractivity contribution in [1.29, 1.82) is 0 Å². The molecule has 1 heterocycles. The number of esters is 1. The summed E-state index contributed by atoms with van der Waals surface area (Å²) in [5.74, 6) is 0.470. The Balaban J connectivity index is 2.22. The summed E-state index contributed by atoms with van der Waals surface area (Å²) < 4.78 is 5.37. The summed E-state index contributed by atoms with van der Waals surface area (Å²) in [5.41, 5.74) is 0.223. The number of ether oxygens (including phenoxy) is 1. The van der Waals surface area contributed by atoms with E-state index in [0.717, 1.165) is 12.8 Å². The Labute approximate surface area is 73.3 Å². The van der Waals surface area contributed by atoms with E-state index in [2.05, 4.69) is 20.8 Å². The quantitative estimate of drug-likeness (QED) is 0.518. The second kappa shape index (κ2) is 2.04. The fourth-order valence-electron chi connectivity index (χ4n) is 2.96. The zero-order chi connectivity index (χ0) is 8.98. The molecule has 2 atom stereocenters. The molecular weight excluding hydrogens is 152 g/mol. The SMILES string of the molecule is CC1(C)C[C@H]2CC(=O)O[C@@]2(C)C1. The van der Waals surface area contributed by atoms with E-state index in [9.17, 15) is 4.79 Å². The third kappa shape index (κ3) is 1.05. The molecule has 68 valence electrons. The van der Waals surface area contributed by atoms with E-state index in [1.165, 1.54) is 0 Å². The van der Waals surface area contributed by atoms with Crippen LogP contribution in [0.2, 0.25) is 0 Å². The Hall–Kier alpha value is -0.530. The fraction of sp³-hybridized carbons (Fsp3) is 0.900. The van der Waals surface area contributed by atoms with Crippen molar-refractivity contribution in [1.82, 2.24) is 0 Å². The van der Waals surface area contributed by atoms with Gasteiger partial charge in [0.2, 0.25) is 0 Å². The highest BCUT2D eigenvalue weighted by Crippen LogP contribution is 2.53. The molecule has 0 amide bonds. The van der Waals surface area contributed by atoms with Gasteiger partial charge in [-0.2, -0.15) is 0 Å². The van der Waals surface area contributed by atoms with Crippen molar-refractivity contribution >= 4 is 5.97 Å². The lowest BCUT2D eigenvalue weighted by atomic mass is 9.89. The van der Waals surface area contributed by atoms with Crippen molar-refractivity contribution in [2.24, 2.45) is 11.3 Å². The molecule has 0 aromatic carbocycles. The van der Waals surface area contributed by atoms with Crippen LogP contribution in [0, 0.1) is 11.3 Å². The molecule has 2 nitrogen and oxygen atoms in total. The van der Waals surface area contributed by atoms with E-state index in [0.29, 0.717) is 17.8 Å². The summed E-state index contributed by atoms with van der Waals surface area (Å²) in [4.78, 5) is 11.1. The summed E-state index contributed by atoms with van der Waals surface area (Å²) in [6.07, 6.45) is 2.80. The molecule has 0 aromatic rings. The number of rotatable bonds is 0. The lowest BCUT2D eigenvalue weighted by Crippen LogP contribution is -2.27. The molecule has 0 radical (unpaired) electrons. The maximum atomic E-state index is 11.1. The predicted molar refractivity (Wildman–Crippen MR) is 45.6 cm³/mol. The lowest BCUT2D eigenvalue weighted by molar-refractivity contribution is -0.148. The summed E-state index contributed by atoms with van der Waals surface area (Å²) in [6.45, 7) is 6.59. The van der Waals surface area contributed by atoms with Gasteiger partial charge in [-0.3, -0.25) is 4.79 Å². The molecular formula is C10H16O2. The number of fused-ring (bicyclic) bond motifs is 1. The van der Waals surface area contributed by atoms with Gasteiger partial charge in [-0.15, -0.1) is 0 Å². The molecule has 0 unspecified atom stereocenters. The first kappa shape index (κ1) is 8.09. The molecule has 2 fully saturated rings. The minimum Gasteiger partial charge on any atom is -0.459 e. The third-order valence-corrected chi connectivity index (χ3v) is 3.25. The van der Waals surface area contributed by atoms with Gasteiger partial charge < -0.3 is 4.74 Å². The van der Waals surface area contributed by atoms with Crippen LogP contribution in [0.5, 0.6) is 0 Å². The summed E-state index contributed by atoms with van der Waals surface area (Å²) >= 11 is 0. The highest BCUT2D eigenvalue weighted by atomic mass is 16.6. The number of hydrogen-bond acceptors (Lipinski definition) is 2. The van der Waals surface area contributed by atoms with E-state index < -0.39 is 0 Å². The number of carbonyl (C=O) groups excluding carboxylic acids is 1. The van der Waals surface area contributed by atoms with Gasteiger partial charge in [0.1, 0.15) is 5.60 Å². The molecule has 2 heteroatoms. The van der Waals surface area contributed by atoms with Gasteiger partial charge in [0, 0.05) is 5.92 Å². The molecule has 1 saturated heterocycles. The smallest absolute Gasteiger partial charge is 0.306 e. The Bertz CT molecular complexity index is 232.